The highest BCUT2D eigenvalue weighted by atomic mass is 16.4. The Morgan fingerprint density at radius 1 is 1.28 bits per heavy atom. The Morgan fingerprint density at radius 2 is 1.94 bits per heavy atom. The number of aromatic nitrogens is 1. The summed E-state index contributed by atoms with van der Waals surface area (Å²) in [6.07, 6.45) is 3.34. The molecule has 0 bridgehead atoms. The van der Waals surface area contributed by atoms with Crippen LogP contribution in [0, 0.1) is 11.8 Å². The number of hydrogen-bond donors (Lipinski definition) is 2. The van der Waals surface area contributed by atoms with E-state index < -0.39 is 17.8 Å². The molecule has 1 aromatic heterocycles. The predicted molar refractivity (Wildman–Crippen MR) is 66.8 cm³/mol. The van der Waals surface area contributed by atoms with Crippen molar-refractivity contribution in [1.29, 1.82) is 0 Å². The van der Waals surface area contributed by atoms with Crippen LogP contribution in [0.3, 0.4) is 0 Å². The van der Waals surface area contributed by atoms with Crippen LogP contribution in [0.1, 0.15) is 32.4 Å². The van der Waals surface area contributed by atoms with E-state index in [9.17, 15) is 9.59 Å². The Kier molecular flexibility index (Phi) is 4.83. The van der Waals surface area contributed by atoms with E-state index in [-0.39, 0.29) is 11.9 Å². The SMILES string of the molecule is CC(C(=O)O)C(C)C(=O)N[C@H](C)c1cccnc1. The van der Waals surface area contributed by atoms with Crippen LogP contribution in [-0.2, 0) is 9.59 Å². The first-order valence-corrected chi connectivity index (χ1v) is 5.86. The van der Waals surface area contributed by atoms with Gasteiger partial charge in [0.15, 0.2) is 0 Å². The number of carboxylic acids is 1. The van der Waals surface area contributed by atoms with Gasteiger partial charge in [0.05, 0.1) is 12.0 Å². The van der Waals surface area contributed by atoms with Crippen molar-refractivity contribution in [2.45, 2.75) is 26.8 Å². The normalized spacial score (nSPS) is 15.5. The van der Waals surface area contributed by atoms with Gasteiger partial charge in [-0.05, 0) is 18.6 Å². The van der Waals surface area contributed by atoms with Crippen LogP contribution in [0.25, 0.3) is 0 Å². The summed E-state index contributed by atoms with van der Waals surface area (Å²) in [7, 11) is 0. The van der Waals surface area contributed by atoms with Gasteiger partial charge in [-0.15, -0.1) is 0 Å². The number of amides is 1. The Balaban J connectivity index is 2.62. The van der Waals surface area contributed by atoms with Crippen molar-refractivity contribution in [2.24, 2.45) is 11.8 Å². The van der Waals surface area contributed by atoms with Crippen LogP contribution >= 0.6 is 0 Å². The van der Waals surface area contributed by atoms with E-state index in [1.165, 1.54) is 6.92 Å². The molecule has 5 nitrogen and oxygen atoms in total. The highest BCUT2D eigenvalue weighted by Gasteiger charge is 2.26. The molecule has 3 atom stereocenters. The molecular weight excluding hydrogens is 232 g/mol. The molecular formula is C13H18N2O3. The molecule has 1 heterocycles. The fourth-order valence-electron chi connectivity index (χ4n) is 1.50. The molecule has 0 fully saturated rings. The van der Waals surface area contributed by atoms with E-state index >= 15 is 0 Å². The van der Waals surface area contributed by atoms with E-state index in [2.05, 4.69) is 10.3 Å². The molecule has 0 aliphatic rings. The van der Waals surface area contributed by atoms with Gasteiger partial charge < -0.3 is 10.4 Å². The highest BCUT2D eigenvalue weighted by molar-refractivity contribution is 5.84. The Bertz CT molecular complexity index is 420. The van der Waals surface area contributed by atoms with Crippen LogP contribution in [0.4, 0.5) is 0 Å². The number of nitrogens with zero attached hydrogens (tertiary/aromatic N) is 1. The minimum Gasteiger partial charge on any atom is -0.481 e. The first-order valence-electron chi connectivity index (χ1n) is 5.86. The van der Waals surface area contributed by atoms with Gasteiger partial charge >= 0.3 is 5.97 Å². The van der Waals surface area contributed by atoms with Crippen molar-refractivity contribution in [3.8, 4) is 0 Å². The van der Waals surface area contributed by atoms with E-state index in [0.29, 0.717) is 0 Å². The maximum Gasteiger partial charge on any atom is 0.307 e. The third-order valence-electron chi connectivity index (χ3n) is 3.10. The third-order valence-corrected chi connectivity index (χ3v) is 3.10. The minimum atomic E-state index is -0.966. The molecule has 0 saturated carbocycles. The Hall–Kier alpha value is -1.91. The van der Waals surface area contributed by atoms with Crippen LogP contribution in [0.5, 0.6) is 0 Å². The molecule has 1 amide bonds. The summed E-state index contributed by atoms with van der Waals surface area (Å²) in [6.45, 7) is 4.98. The smallest absolute Gasteiger partial charge is 0.307 e. The van der Waals surface area contributed by atoms with Gasteiger partial charge in [-0.2, -0.15) is 0 Å². The van der Waals surface area contributed by atoms with Crippen molar-refractivity contribution in [2.75, 3.05) is 0 Å². The number of nitrogens with one attached hydrogen (secondary N) is 1. The number of carboxylic acid groups (broad SMARTS) is 1. The second-order valence-electron chi connectivity index (χ2n) is 4.43. The van der Waals surface area contributed by atoms with Gasteiger partial charge in [0.2, 0.25) is 5.91 Å². The highest BCUT2D eigenvalue weighted by Crippen LogP contribution is 2.15. The number of pyridine rings is 1. The summed E-state index contributed by atoms with van der Waals surface area (Å²) < 4.78 is 0. The van der Waals surface area contributed by atoms with Crippen LogP contribution in [0.15, 0.2) is 24.5 Å². The number of rotatable bonds is 5. The van der Waals surface area contributed by atoms with Gasteiger partial charge in [-0.1, -0.05) is 19.9 Å². The second kappa shape index (κ2) is 6.14. The van der Waals surface area contributed by atoms with Crippen molar-refractivity contribution >= 4 is 11.9 Å². The molecule has 0 aliphatic heterocycles. The lowest BCUT2D eigenvalue weighted by atomic mass is 9.95. The lowest BCUT2D eigenvalue weighted by Crippen LogP contribution is -2.36. The molecule has 0 spiro atoms. The monoisotopic (exact) mass is 250 g/mol. The van der Waals surface area contributed by atoms with Gasteiger partial charge in [-0.3, -0.25) is 14.6 Å². The summed E-state index contributed by atoms with van der Waals surface area (Å²) in [5, 5.41) is 11.7. The maximum absolute atomic E-state index is 11.9. The summed E-state index contributed by atoms with van der Waals surface area (Å²) in [4.78, 5) is 26.7. The molecule has 0 aliphatic carbocycles. The van der Waals surface area contributed by atoms with E-state index in [1.54, 1.807) is 25.4 Å². The summed E-state index contributed by atoms with van der Waals surface area (Å²) >= 11 is 0. The molecule has 0 aromatic carbocycles. The molecule has 0 radical (unpaired) electrons. The van der Waals surface area contributed by atoms with Crippen molar-refractivity contribution < 1.29 is 14.7 Å². The van der Waals surface area contributed by atoms with E-state index in [0.717, 1.165) is 5.56 Å². The fraction of sp³-hybridized carbons (Fsp3) is 0.462. The first-order chi connectivity index (χ1) is 8.43. The van der Waals surface area contributed by atoms with E-state index in [1.807, 2.05) is 13.0 Å². The zero-order chi connectivity index (χ0) is 13.7. The largest absolute Gasteiger partial charge is 0.481 e. The van der Waals surface area contributed by atoms with Crippen molar-refractivity contribution in [3.63, 3.8) is 0 Å². The second-order valence-corrected chi connectivity index (χ2v) is 4.43. The van der Waals surface area contributed by atoms with Crippen molar-refractivity contribution in [3.05, 3.63) is 30.1 Å². The lowest BCUT2D eigenvalue weighted by Gasteiger charge is -2.19. The number of carbonyl (C=O) groups is 2. The molecule has 5 heteroatoms. The molecule has 1 rings (SSSR count). The summed E-state index contributed by atoms with van der Waals surface area (Å²) in [5.74, 6) is -2.50. The molecule has 1 aromatic rings. The number of hydrogen-bond acceptors (Lipinski definition) is 3. The standard InChI is InChI=1S/C13H18N2O3/c1-8(9(2)13(17)18)12(16)15-10(3)11-5-4-6-14-7-11/h4-10H,1-3H3,(H,15,16)(H,17,18)/t8?,9?,10-/m1/s1. The first kappa shape index (κ1) is 14.2. The summed E-state index contributed by atoms with van der Waals surface area (Å²) in [6, 6.07) is 3.47. The number of aliphatic carboxylic acids is 1. The van der Waals surface area contributed by atoms with Gasteiger partial charge in [0.25, 0.3) is 0 Å². The average Bonchev–Trinajstić information content (AvgIpc) is 2.37. The Morgan fingerprint density at radius 3 is 2.44 bits per heavy atom. The lowest BCUT2D eigenvalue weighted by molar-refractivity contribution is -0.146. The van der Waals surface area contributed by atoms with Gasteiger partial charge in [0.1, 0.15) is 0 Å². The van der Waals surface area contributed by atoms with Gasteiger partial charge in [-0.25, -0.2) is 0 Å². The zero-order valence-electron chi connectivity index (χ0n) is 10.8. The zero-order valence-corrected chi connectivity index (χ0v) is 10.8. The molecule has 18 heavy (non-hydrogen) atoms. The van der Waals surface area contributed by atoms with Crippen LogP contribution < -0.4 is 5.32 Å². The molecule has 0 saturated heterocycles. The molecule has 98 valence electrons. The topological polar surface area (TPSA) is 79.3 Å². The molecule has 2 N–H and O–H groups in total. The van der Waals surface area contributed by atoms with E-state index in [4.69, 9.17) is 5.11 Å². The quantitative estimate of drug-likeness (QED) is 0.832. The minimum absolute atomic E-state index is 0.186. The number of carbonyl (C=O) groups excluding carboxylic acids is 1. The molecule has 2 unspecified atom stereocenters. The van der Waals surface area contributed by atoms with Gasteiger partial charge in [0, 0.05) is 18.3 Å². The fourth-order valence-corrected chi connectivity index (χ4v) is 1.50. The van der Waals surface area contributed by atoms with Crippen LogP contribution in [0.2, 0.25) is 0 Å². The Labute approximate surface area is 106 Å². The average molecular weight is 250 g/mol. The third kappa shape index (κ3) is 3.55. The predicted octanol–water partition coefficient (Wildman–Crippen LogP) is 1.62. The maximum atomic E-state index is 11.9. The van der Waals surface area contributed by atoms with Crippen molar-refractivity contribution in [1.82, 2.24) is 10.3 Å². The van der Waals surface area contributed by atoms with Crippen LogP contribution in [-0.4, -0.2) is 22.0 Å². The summed E-state index contributed by atoms with van der Waals surface area (Å²) in [5.41, 5.74) is 0.890.